The number of halogens is 2. The van der Waals surface area contributed by atoms with Gasteiger partial charge in [0.05, 0.1) is 6.04 Å². The van der Waals surface area contributed by atoms with Crippen LogP contribution in [0, 0.1) is 0 Å². The van der Waals surface area contributed by atoms with Crippen molar-refractivity contribution >= 4 is 35.2 Å². The van der Waals surface area contributed by atoms with Crippen molar-refractivity contribution in [2.45, 2.75) is 38.0 Å². The number of morpholine rings is 1. The molecule has 2 N–H and O–H groups in total. The van der Waals surface area contributed by atoms with Crippen LogP contribution in [0.4, 0.5) is 4.79 Å². The summed E-state index contributed by atoms with van der Waals surface area (Å²) in [6, 6.07) is 13.9. The molecule has 1 fully saturated rings. The van der Waals surface area contributed by atoms with Crippen molar-refractivity contribution in [3.63, 3.8) is 0 Å². The third-order valence-corrected chi connectivity index (χ3v) is 5.68. The molecule has 30 heavy (non-hydrogen) atoms. The molecule has 0 aromatic heterocycles. The Bertz CT molecular complexity index is 874. The van der Waals surface area contributed by atoms with Crippen molar-refractivity contribution in [3.05, 3.63) is 69.7 Å². The molecule has 6 nitrogen and oxygen atoms in total. The second-order valence-corrected chi connectivity index (χ2v) is 8.08. The van der Waals surface area contributed by atoms with E-state index in [1.165, 1.54) is 0 Å². The molecule has 1 heterocycles. The SMILES string of the molecule is CCC[C@H](CNC(=O)O)N1C(=O)CO[C@H](c2ccc(Cl)cc2)[C@@H]1c1ccc(Cl)cc1. The Morgan fingerprint density at radius 3 is 2.23 bits per heavy atom. The number of nitrogens with one attached hydrogen (secondary N) is 1. The summed E-state index contributed by atoms with van der Waals surface area (Å²) in [7, 11) is 0. The summed E-state index contributed by atoms with van der Waals surface area (Å²) in [4.78, 5) is 25.9. The van der Waals surface area contributed by atoms with Crippen LogP contribution in [0.3, 0.4) is 0 Å². The van der Waals surface area contributed by atoms with Gasteiger partial charge >= 0.3 is 6.09 Å². The fourth-order valence-electron chi connectivity index (χ4n) is 3.86. The molecule has 2 aromatic rings. The Morgan fingerprint density at radius 1 is 1.13 bits per heavy atom. The van der Waals surface area contributed by atoms with Gasteiger partial charge < -0.3 is 20.1 Å². The molecule has 0 radical (unpaired) electrons. The van der Waals surface area contributed by atoms with Crippen LogP contribution in [-0.2, 0) is 9.53 Å². The molecule has 8 heteroatoms. The number of benzene rings is 2. The van der Waals surface area contributed by atoms with E-state index in [2.05, 4.69) is 5.32 Å². The van der Waals surface area contributed by atoms with Crippen molar-refractivity contribution in [1.29, 1.82) is 0 Å². The highest BCUT2D eigenvalue weighted by molar-refractivity contribution is 6.30. The Morgan fingerprint density at radius 2 is 1.70 bits per heavy atom. The molecule has 0 saturated carbocycles. The molecular formula is C22H24Cl2N2O4. The number of carbonyl (C=O) groups is 2. The monoisotopic (exact) mass is 450 g/mol. The average molecular weight is 451 g/mol. The summed E-state index contributed by atoms with van der Waals surface area (Å²) >= 11 is 12.1. The second kappa shape index (κ2) is 10.2. The average Bonchev–Trinajstić information content (AvgIpc) is 2.72. The highest BCUT2D eigenvalue weighted by Crippen LogP contribution is 2.42. The largest absolute Gasteiger partial charge is 0.465 e. The number of amides is 2. The van der Waals surface area contributed by atoms with E-state index in [0.717, 1.165) is 17.5 Å². The fraction of sp³-hybridized carbons (Fsp3) is 0.364. The summed E-state index contributed by atoms with van der Waals surface area (Å²) in [5.41, 5.74) is 1.75. The quantitative estimate of drug-likeness (QED) is 0.616. The molecule has 160 valence electrons. The molecule has 1 aliphatic rings. The van der Waals surface area contributed by atoms with Gasteiger partial charge in [0.25, 0.3) is 0 Å². The first kappa shape index (κ1) is 22.4. The van der Waals surface area contributed by atoms with Crippen LogP contribution in [0.25, 0.3) is 0 Å². The zero-order valence-electron chi connectivity index (χ0n) is 16.6. The molecule has 0 bridgehead atoms. The van der Waals surface area contributed by atoms with Gasteiger partial charge in [0.15, 0.2) is 0 Å². The van der Waals surface area contributed by atoms with Crippen LogP contribution in [-0.4, -0.2) is 41.2 Å². The minimum absolute atomic E-state index is 0.0787. The van der Waals surface area contributed by atoms with Crippen molar-refractivity contribution in [2.24, 2.45) is 0 Å². The highest BCUT2D eigenvalue weighted by Gasteiger charge is 2.41. The molecule has 0 spiro atoms. The number of hydrogen-bond donors (Lipinski definition) is 2. The third kappa shape index (κ3) is 5.25. The summed E-state index contributed by atoms with van der Waals surface area (Å²) in [6.45, 7) is 2.07. The predicted octanol–water partition coefficient (Wildman–Crippen LogP) is 5.07. The Hall–Kier alpha value is -2.28. The third-order valence-electron chi connectivity index (χ3n) is 5.18. The molecule has 3 atom stereocenters. The van der Waals surface area contributed by atoms with Crippen LogP contribution >= 0.6 is 23.2 Å². The molecule has 2 aromatic carbocycles. The van der Waals surface area contributed by atoms with Gasteiger partial charge in [0.1, 0.15) is 12.7 Å². The number of carbonyl (C=O) groups excluding carboxylic acids is 1. The first-order chi connectivity index (χ1) is 14.4. The predicted molar refractivity (Wildman–Crippen MR) is 116 cm³/mol. The summed E-state index contributed by atoms with van der Waals surface area (Å²) in [5.74, 6) is -0.175. The maximum absolute atomic E-state index is 13.0. The zero-order chi connectivity index (χ0) is 21.7. The van der Waals surface area contributed by atoms with Gasteiger partial charge in [-0.15, -0.1) is 0 Å². The topological polar surface area (TPSA) is 78.9 Å². The maximum atomic E-state index is 13.0. The lowest BCUT2D eigenvalue weighted by molar-refractivity contribution is -0.163. The van der Waals surface area contributed by atoms with E-state index in [9.17, 15) is 9.59 Å². The molecule has 1 aliphatic heterocycles. The van der Waals surface area contributed by atoms with Crippen LogP contribution in [0.2, 0.25) is 10.0 Å². The van der Waals surface area contributed by atoms with Gasteiger partial charge in [-0.25, -0.2) is 4.79 Å². The lowest BCUT2D eigenvalue weighted by Crippen LogP contribution is -2.54. The second-order valence-electron chi connectivity index (χ2n) is 7.21. The van der Waals surface area contributed by atoms with E-state index in [1.807, 2.05) is 31.2 Å². The Balaban J connectivity index is 2.05. The van der Waals surface area contributed by atoms with Gasteiger partial charge in [-0.2, -0.15) is 0 Å². The van der Waals surface area contributed by atoms with E-state index < -0.39 is 18.2 Å². The fourth-order valence-corrected chi connectivity index (χ4v) is 4.11. The van der Waals surface area contributed by atoms with Crippen molar-refractivity contribution < 1.29 is 19.4 Å². The standard InChI is InChI=1S/C22H24Cl2N2O4/c1-2-3-18(12-25-22(28)29)26-19(27)13-30-21(15-6-10-17(24)11-7-15)20(26)14-4-8-16(23)9-5-14/h4-11,18,20-21,25H,2-3,12-13H2,1H3,(H,28,29)/t18-,20+,21-/m1/s1. The van der Waals surface area contributed by atoms with Crippen molar-refractivity contribution in [1.82, 2.24) is 10.2 Å². The lowest BCUT2D eigenvalue weighted by atomic mass is 9.90. The summed E-state index contributed by atoms with van der Waals surface area (Å²) in [6.07, 6.45) is -0.0849. The van der Waals surface area contributed by atoms with Crippen LogP contribution < -0.4 is 5.32 Å². The molecule has 0 unspecified atom stereocenters. The van der Waals surface area contributed by atoms with Crippen LogP contribution in [0.1, 0.15) is 43.0 Å². The van der Waals surface area contributed by atoms with Gasteiger partial charge in [-0.1, -0.05) is 60.8 Å². The molecule has 1 saturated heterocycles. The summed E-state index contributed by atoms with van der Waals surface area (Å²) in [5, 5.41) is 12.7. The number of carboxylic acid groups (broad SMARTS) is 1. The minimum atomic E-state index is -1.12. The van der Waals surface area contributed by atoms with E-state index in [0.29, 0.717) is 16.5 Å². The van der Waals surface area contributed by atoms with Gasteiger partial charge in [-0.3, -0.25) is 4.79 Å². The summed E-state index contributed by atoms with van der Waals surface area (Å²) < 4.78 is 5.99. The Labute approximate surface area is 185 Å². The first-order valence-electron chi connectivity index (χ1n) is 9.81. The highest BCUT2D eigenvalue weighted by atomic mass is 35.5. The van der Waals surface area contributed by atoms with Gasteiger partial charge in [-0.05, 0) is 41.8 Å². The molecule has 3 rings (SSSR count). The number of rotatable bonds is 7. The van der Waals surface area contributed by atoms with Gasteiger partial charge in [0, 0.05) is 22.6 Å². The van der Waals surface area contributed by atoms with Gasteiger partial charge in [0.2, 0.25) is 5.91 Å². The number of nitrogens with zero attached hydrogens (tertiary/aromatic N) is 1. The van der Waals surface area contributed by atoms with Crippen molar-refractivity contribution in [2.75, 3.05) is 13.2 Å². The molecule has 0 aliphatic carbocycles. The Kier molecular flexibility index (Phi) is 7.58. The number of hydrogen-bond acceptors (Lipinski definition) is 3. The minimum Gasteiger partial charge on any atom is -0.465 e. The zero-order valence-corrected chi connectivity index (χ0v) is 18.1. The van der Waals surface area contributed by atoms with Crippen LogP contribution in [0.15, 0.2) is 48.5 Å². The van der Waals surface area contributed by atoms with E-state index >= 15 is 0 Å². The molecule has 2 amide bonds. The maximum Gasteiger partial charge on any atom is 0.404 e. The number of ether oxygens (including phenoxy) is 1. The van der Waals surface area contributed by atoms with E-state index in [-0.39, 0.29) is 25.1 Å². The van der Waals surface area contributed by atoms with Crippen molar-refractivity contribution in [3.8, 4) is 0 Å². The smallest absolute Gasteiger partial charge is 0.404 e. The van der Waals surface area contributed by atoms with Crippen LogP contribution in [0.5, 0.6) is 0 Å². The van der Waals surface area contributed by atoms with E-state index in [1.54, 1.807) is 29.2 Å². The molecular weight excluding hydrogens is 427 g/mol. The lowest BCUT2D eigenvalue weighted by Gasteiger charge is -2.45. The first-order valence-corrected chi connectivity index (χ1v) is 10.6. The normalized spacial score (nSPS) is 20.1. The van der Waals surface area contributed by atoms with E-state index in [4.69, 9.17) is 33.0 Å².